The van der Waals surface area contributed by atoms with E-state index in [-0.39, 0.29) is 11.6 Å². The molecule has 2 aromatic rings. The van der Waals surface area contributed by atoms with Crippen LogP contribution in [-0.2, 0) is 0 Å². The Bertz CT molecular complexity index is 648. The zero-order valence-electron chi connectivity index (χ0n) is 11.8. The van der Waals surface area contributed by atoms with E-state index in [4.69, 9.17) is 0 Å². The Hall–Kier alpha value is -1.88. The molecule has 0 bridgehead atoms. The first-order valence-corrected chi connectivity index (χ1v) is 7.49. The molecule has 104 valence electrons. The number of hydrogen-bond donors (Lipinski definition) is 1. The van der Waals surface area contributed by atoms with Crippen molar-refractivity contribution in [2.75, 3.05) is 11.4 Å². The molecule has 20 heavy (non-hydrogen) atoms. The van der Waals surface area contributed by atoms with Crippen molar-refractivity contribution in [1.29, 1.82) is 0 Å². The second-order valence-corrected chi connectivity index (χ2v) is 6.37. The second kappa shape index (κ2) is 4.59. The minimum absolute atomic E-state index is 0.0139. The number of pyridine rings is 1. The molecule has 0 unspecified atom stereocenters. The van der Waals surface area contributed by atoms with Crippen molar-refractivity contribution in [1.82, 2.24) is 10.3 Å². The van der Waals surface area contributed by atoms with Crippen LogP contribution < -0.4 is 10.2 Å². The number of rotatable bonds is 2. The number of anilines is 1. The van der Waals surface area contributed by atoms with Crippen molar-refractivity contribution in [3.05, 3.63) is 35.5 Å². The fourth-order valence-corrected chi connectivity index (χ4v) is 3.73. The summed E-state index contributed by atoms with van der Waals surface area (Å²) in [6, 6.07) is 6.05. The summed E-state index contributed by atoms with van der Waals surface area (Å²) in [6.45, 7) is 7.02. The number of nitrogens with zero attached hydrogens (tertiary/aromatic N) is 2. The van der Waals surface area contributed by atoms with Gasteiger partial charge in [-0.1, -0.05) is 0 Å². The summed E-state index contributed by atoms with van der Waals surface area (Å²) in [5.41, 5.74) is 1.77. The first-order valence-electron chi connectivity index (χ1n) is 6.67. The minimum atomic E-state index is -0.352. The lowest BCUT2D eigenvalue weighted by Crippen LogP contribution is -2.60. The molecule has 5 heteroatoms. The Morgan fingerprint density at radius 1 is 1.35 bits per heavy atom. The van der Waals surface area contributed by atoms with Crippen molar-refractivity contribution in [3.8, 4) is 10.4 Å². The summed E-state index contributed by atoms with van der Waals surface area (Å²) in [6.07, 6.45) is 3.55. The third-order valence-corrected chi connectivity index (χ3v) is 4.76. The Balaban J connectivity index is 2.12. The van der Waals surface area contributed by atoms with Gasteiger partial charge in [0.2, 0.25) is 0 Å². The molecule has 0 spiro atoms. The fraction of sp³-hybridized carbons (Fsp3) is 0.333. The molecule has 1 N–H and O–H groups in total. The van der Waals surface area contributed by atoms with Gasteiger partial charge >= 0.3 is 0 Å². The summed E-state index contributed by atoms with van der Waals surface area (Å²) in [5.74, 6) is 0.0139. The number of thiophene rings is 1. The van der Waals surface area contributed by atoms with Gasteiger partial charge in [-0.25, -0.2) is 0 Å². The second-order valence-electron chi connectivity index (χ2n) is 5.32. The van der Waals surface area contributed by atoms with Gasteiger partial charge in [-0.2, -0.15) is 0 Å². The van der Waals surface area contributed by atoms with Crippen molar-refractivity contribution < 1.29 is 4.79 Å². The average molecular weight is 287 g/mol. The monoisotopic (exact) mass is 287 g/mol. The highest BCUT2D eigenvalue weighted by Gasteiger charge is 2.37. The molecule has 4 nitrogen and oxygen atoms in total. The van der Waals surface area contributed by atoms with Gasteiger partial charge in [-0.3, -0.25) is 9.78 Å². The lowest BCUT2D eigenvalue weighted by molar-refractivity contribution is 0.0903. The van der Waals surface area contributed by atoms with Gasteiger partial charge in [-0.05, 0) is 44.5 Å². The van der Waals surface area contributed by atoms with Crippen LogP contribution >= 0.6 is 11.3 Å². The number of hydrogen-bond acceptors (Lipinski definition) is 4. The van der Waals surface area contributed by atoms with Crippen LogP contribution in [-0.4, -0.2) is 23.1 Å². The van der Waals surface area contributed by atoms with Crippen molar-refractivity contribution in [2.24, 2.45) is 0 Å². The van der Waals surface area contributed by atoms with Crippen LogP contribution in [0.2, 0.25) is 0 Å². The van der Waals surface area contributed by atoms with Crippen molar-refractivity contribution in [2.45, 2.75) is 26.4 Å². The summed E-state index contributed by atoms with van der Waals surface area (Å²) in [7, 11) is 0. The summed E-state index contributed by atoms with van der Waals surface area (Å²) in [5, 5.41) is 3.06. The third kappa shape index (κ3) is 1.98. The Kier molecular flexibility index (Phi) is 3.01. The molecule has 0 aromatic carbocycles. The number of carbonyl (C=O) groups is 1. The molecule has 1 amide bonds. The molecule has 0 saturated heterocycles. The third-order valence-electron chi connectivity index (χ3n) is 3.58. The van der Waals surface area contributed by atoms with Crippen molar-refractivity contribution in [3.63, 3.8) is 0 Å². The smallest absolute Gasteiger partial charge is 0.265 e. The van der Waals surface area contributed by atoms with Gasteiger partial charge in [0.25, 0.3) is 5.91 Å². The minimum Gasteiger partial charge on any atom is -0.348 e. The van der Waals surface area contributed by atoms with E-state index in [1.54, 1.807) is 12.4 Å². The lowest BCUT2D eigenvalue weighted by atomic mass is 10.1. The number of fused-ring (bicyclic) bond motifs is 1. The Labute approximate surface area is 122 Å². The quantitative estimate of drug-likeness (QED) is 0.923. The highest BCUT2D eigenvalue weighted by atomic mass is 32.1. The largest absolute Gasteiger partial charge is 0.348 e. The predicted molar refractivity (Wildman–Crippen MR) is 82.1 cm³/mol. The van der Waals surface area contributed by atoms with Crippen LogP contribution in [0, 0.1) is 0 Å². The van der Waals surface area contributed by atoms with Gasteiger partial charge in [0.05, 0.1) is 5.69 Å². The molecule has 0 atom stereocenters. The van der Waals surface area contributed by atoms with Gasteiger partial charge in [0.1, 0.15) is 10.5 Å². The van der Waals surface area contributed by atoms with Crippen LogP contribution in [0.3, 0.4) is 0 Å². The van der Waals surface area contributed by atoms with Gasteiger partial charge in [-0.15, -0.1) is 11.3 Å². The number of amides is 1. The molecule has 0 radical (unpaired) electrons. The maximum atomic E-state index is 12.3. The number of aromatic nitrogens is 1. The highest BCUT2D eigenvalue weighted by molar-refractivity contribution is 7.18. The summed E-state index contributed by atoms with van der Waals surface area (Å²) < 4.78 is 0. The van der Waals surface area contributed by atoms with Crippen LogP contribution in [0.1, 0.15) is 30.4 Å². The lowest BCUT2D eigenvalue weighted by Gasteiger charge is -2.43. The van der Waals surface area contributed by atoms with Gasteiger partial charge in [0.15, 0.2) is 0 Å². The van der Waals surface area contributed by atoms with E-state index in [0.29, 0.717) is 0 Å². The van der Waals surface area contributed by atoms with Crippen LogP contribution in [0.5, 0.6) is 0 Å². The average Bonchev–Trinajstić information content (AvgIpc) is 2.84. The molecule has 3 rings (SSSR count). The van der Waals surface area contributed by atoms with E-state index < -0.39 is 0 Å². The van der Waals surface area contributed by atoms with E-state index in [1.807, 2.05) is 26.0 Å². The molecule has 0 saturated carbocycles. The first-order chi connectivity index (χ1) is 9.53. The normalized spacial score (nSPS) is 16.8. The number of carbonyl (C=O) groups excluding carboxylic acids is 1. The van der Waals surface area contributed by atoms with E-state index in [0.717, 1.165) is 27.5 Å². The predicted octanol–water partition coefficient (Wildman–Crippen LogP) is 3.12. The zero-order chi connectivity index (χ0) is 14.3. The molecule has 1 aliphatic heterocycles. The van der Waals surface area contributed by atoms with E-state index in [2.05, 4.69) is 28.2 Å². The Morgan fingerprint density at radius 2 is 2.05 bits per heavy atom. The van der Waals surface area contributed by atoms with Crippen LogP contribution in [0.15, 0.2) is 30.6 Å². The fourth-order valence-electron chi connectivity index (χ4n) is 2.67. The molecule has 3 heterocycles. The van der Waals surface area contributed by atoms with E-state index >= 15 is 0 Å². The van der Waals surface area contributed by atoms with E-state index in [1.165, 1.54) is 11.3 Å². The highest BCUT2D eigenvalue weighted by Crippen LogP contribution is 2.41. The van der Waals surface area contributed by atoms with Crippen molar-refractivity contribution >= 4 is 22.9 Å². The summed E-state index contributed by atoms with van der Waals surface area (Å²) in [4.78, 5) is 20.4. The van der Waals surface area contributed by atoms with Gasteiger partial charge in [0, 0.05) is 23.8 Å². The maximum absolute atomic E-state index is 12.3. The molecule has 2 aromatic heterocycles. The standard InChI is InChI=1S/C15H17N3OS/c1-4-18-11-9-12(10-5-7-16-8-6-10)20-13(11)14(19)17-15(18,2)3/h5-9H,4H2,1-3H3,(H,17,19). The Morgan fingerprint density at radius 3 is 2.70 bits per heavy atom. The molecular formula is C15H17N3OS. The molecule has 0 aliphatic carbocycles. The van der Waals surface area contributed by atoms with Crippen LogP contribution in [0.25, 0.3) is 10.4 Å². The molecule has 1 aliphatic rings. The maximum Gasteiger partial charge on any atom is 0.265 e. The SMILES string of the molecule is CCN1c2cc(-c3ccncc3)sc2C(=O)NC1(C)C. The number of nitrogens with one attached hydrogen (secondary N) is 1. The zero-order valence-corrected chi connectivity index (χ0v) is 12.6. The topological polar surface area (TPSA) is 45.2 Å². The van der Waals surface area contributed by atoms with Crippen LogP contribution in [0.4, 0.5) is 5.69 Å². The summed E-state index contributed by atoms with van der Waals surface area (Å²) >= 11 is 1.53. The first kappa shape index (κ1) is 13.1. The van der Waals surface area contributed by atoms with Gasteiger partial charge < -0.3 is 10.2 Å². The molecular weight excluding hydrogens is 270 g/mol. The van der Waals surface area contributed by atoms with E-state index in [9.17, 15) is 4.79 Å². The molecule has 0 fully saturated rings.